The van der Waals surface area contributed by atoms with Gasteiger partial charge >= 0.3 is 0 Å². The molecule has 1 aromatic carbocycles. The number of rotatable bonds is 1. The van der Waals surface area contributed by atoms with E-state index in [0.717, 1.165) is 36.0 Å². The molecule has 1 heterocycles. The van der Waals surface area contributed by atoms with E-state index in [0.29, 0.717) is 5.96 Å². The highest BCUT2D eigenvalue weighted by Gasteiger charge is 2.45. The maximum Gasteiger partial charge on any atom is 0.196 e. The van der Waals surface area contributed by atoms with E-state index in [1.165, 1.54) is 12.8 Å². The highest BCUT2D eigenvalue weighted by Crippen LogP contribution is 2.43. The third-order valence-electron chi connectivity index (χ3n) is 4.54. The summed E-state index contributed by atoms with van der Waals surface area (Å²) in [7, 11) is 0. The van der Waals surface area contributed by atoms with Gasteiger partial charge in [0, 0.05) is 0 Å². The van der Waals surface area contributed by atoms with Crippen molar-refractivity contribution >= 4 is 23.2 Å². The van der Waals surface area contributed by atoms with Crippen LogP contribution in [0.5, 0.6) is 0 Å². The molecule has 19 heavy (non-hydrogen) atoms. The Balaban J connectivity index is 1.97. The molecule has 1 aromatic rings. The summed E-state index contributed by atoms with van der Waals surface area (Å²) in [5, 5.41) is 0.751. The Labute approximate surface area is 119 Å². The van der Waals surface area contributed by atoms with E-state index in [9.17, 15) is 0 Å². The second kappa shape index (κ2) is 4.71. The van der Waals surface area contributed by atoms with Crippen molar-refractivity contribution in [1.29, 1.82) is 0 Å². The molecule has 0 atom stereocenters. The van der Waals surface area contributed by atoms with Gasteiger partial charge in [0.25, 0.3) is 0 Å². The molecule has 0 saturated heterocycles. The lowest BCUT2D eigenvalue weighted by molar-refractivity contribution is 0.261. The van der Waals surface area contributed by atoms with Crippen molar-refractivity contribution < 1.29 is 0 Å². The maximum absolute atomic E-state index is 6.35. The number of anilines is 1. The van der Waals surface area contributed by atoms with E-state index < -0.39 is 0 Å². The third kappa shape index (κ3) is 2.10. The molecule has 0 bridgehead atoms. The van der Waals surface area contributed by atoms with Crippen LogP contribution < -0.4 is 10.6 Å². The number of benzene rings is 1. The van der Waals surface area contributed by atoms with Gasteiger partial charge in [0.05, 0.1) is 22.8 Å². The minimum atomic E-state index is 0.0571. The van der Waals surface area contributed by atoms with Gasteiger partial charge in [0.2, 0.25) is 0 Å². The number of guanidine groups is 1. The topological polar surface area (TPSA) is 41.6 Å². The van der Waals surface area contributed by atoms with E-state index >= 15 is 0 Å². The molecule has 4 heteroatoms. The largest absolute Gasteiger partial charge is 0.369 e. The molecule has 3 rings (SSSR count). The summed E-state index contributed by atoms with van der Waals surface area (Å²) in [6, 6.07) is 7.91. The predicted octanol–water partition coefficient (Wildman–Crippen LogP) is 3.42. The van der Waals surface area contributed by atoms with Crippen molar-refractivity contribution in [3.63, 3.8) is 0 Å². The molecule has 1 saturated carbocycles. The van der Waals surface area contributed by atoms with Crippen molar-refractivity contribution in [3.8, 4) is 0 Å². The monoisotopic (exact) mass is 277 g/mol. The number of aliphatic imine (C=N–C) groups is 1. The van der Waals surface area contributed by atoms with Crippen LogP contribution in [0.2, 0.25) is 5.02 Å². The number of hydrogen-bond acceptors (Lipinski definition) is 3. The van der Waals surface area contributed by atoms with Crippen molar-refractivity contribution in [2.45, 2.75) is 38.1 Å². The van der Waals surface area contributed by atoms with Gasteiger partial charge in [-0.2, -0.15) is 0 Å². The van der Waals surface area contributed by atoms with Gasteiger partial charge in [-0.3, -0.25) is 4.99 Å². The van der Waals surface area contributed by atoms with Crippen molar-refractivity contribution in [1.82, 2.24) is 0 Å². The number of hydrogen-bond donors (Lipinski definition) is 1. The summed E-state index contributed by atoms with van der Waals surface area (Å²) in [4.78, 5) is 6.68. The molecular weight excluding hydrogens is 258 g/mol. The number of nitrogens with zero attached hydrogens (tertiary/aromatic N) is 2. The smallest absolute Gasteiger partial charge is 0.196 e. The molecule has 1 spiro atoms. The molecule has 0 unspecified atom stereocenters. The van der Waals surface area contributed by atoms with Crippen LogP contribution in [0.3, 0.4) is 0 Å². The number of nitrogens with two attached hydrogens (primary N) is 1. The quantitative estimate of drug-likeness (QED) is 0.854. The predicted molar refractivity (Wildman–Crippen MR) is 80.8 cm³/mol. The SMILES string of the molecule is CC1CCC2(CC1)CN=C(N)N2c1ccccc1Cl. The van der Waals surface area contributed by atoms with Gasteiger partial charge in [-0.15, -0.1) is 0 Å². The van der Waals surface area contributed by atoms with Crippen LogP contribution in [0.15, 0.2) is 29.3 Å². The van der Waals surface area contributed by atoms with E-state index in [-0.39, 0.29) is 5.54 Å². The van der Waals surface area contributed by atoms with Gasteiger partial charge < -0.3 is 10.6 Å². The lowest BCUT2D eigenvalue weighted by atomic mass is 9.76. The molecule has 2 N–H and O–H groups in total. The normalized spacial score (nSPS) is 30.7. The van der Waals surface area contributed by atoms with Crippen molar-refractivity contribution in [2.75, 3.05) is 11.4 Å². The Morgan fingerprint density at radius 1 is 1.32 bits per heavy atom. The molecule has 3 nitrogen and oxygen atoms in total. The first-order valence-electron chi connectivity index (χ1n) is 6.97. The molecule has 2 aliphatic rings. The maximum atomic E-state index is 6.35. The highest BCUT2D eigenvalue weighted by atomic mass is 35.5. The van der Waals surface area contributed by atoms with Gasteiger partial charge in [-0.05, 0) is 43.7 Å². The van der Waals surface area contributed by atoms with E-state index in [4.69, 9.17) is 17.3 Å². The van der Waals surface area contributed by atoms with Crippen LogP contribution in [0, 0.1) is 5.92 Å². The molecule has 1 fully saturated rings. The Hall–Kier alpha value is -1.22. The van der Waals surface area contributed by atoms with E-state index in [1.54, 1.807) is 0 Å². The first-order chi connectivity index (χ1) is 9.12. The zero-order valence-corrected chi connectivity index (χ0v) is 12.0. The summed E-state index contributed by atoms with van der Waals surface area (Å²) >= 11 is 6.35. The molecule has 0 aromatic heterocycles. The molecule has 102 valence electrons. The minimum absolute atomic E-state index is 0.0571. The fraction of sp³-hybridized carbons (Fsp3) is 0.533. The van der Waals surface area contributed by atoms with Crippen LogP contribution in [-0.4, -0.2) is 18.0 Å². The van der Waals surface area contributed by atoms with Crippen LogP contribution in [0.1, 0.15) is 32.6 Å². The summed E-state index contributed by atoms with van der Waals surface area (Å²) in [5.74, 6) is 1.42. The van der Waals surface area contributed by atoms with Crippen molar-refractivity contribution in [2.24, 2.45) is 16.6 Å². The van der Waals surface area contributed by atoms with Gasteiger partial charge in [-0.25, -0.2) is 0 Å². The van der Waals surface area contributed by atoms with Gasteiger partial charge in [0.1, 0.15) is 0 Å². The van der Waals surface area contributed by atoms with Gasteiger partial charge in [-0.1, -0.05) is 30.7 Å². The molecule has 1 aliphatic heterocycles. The van der Waals surface area contributed by atoms with E-state index in [2.05, 4.69) is 16.8 Å². The zero-order chi connectivity index (χ0) is 13.5. The first-order valence-corrected chi connectivity index (χ1v) is 7.35. The lowest BCUT2D eigenvalue weighted by Crippen LogP contribution is -2.53. The molecule has 0 amide bonds. The standard InChI is InChI=1S/C15H20ClN3/c1-11-6-8-15(9-7-11)10-18-14(17)19(15)13-5-3-2-4-12(13)16/h2-5,11H,6-10H2,1H3,(H2,17,18). The average molecular weight is 278 g/mol. The summed E-state index contributed by atoms with van der Waals surface area (Å²) < 4.78 is 0. The second-order valence-electron chi connectivity index (χ2n) is 5.87. The lowest BCUT2D eigenvalue weighted by Gasteiger charge is -2.43. The fourth-order valence-electron chi connectivity index (χ4n) is 3.31. The summed E-state index contributed by atoms with van der Waals surface area (Å²) in [6.45, 7) is 3.13. The van der Waals surface area contributed by atoms with Gasteiger partial charge in [0.15, 0.2) is 5.96 Å². The molecule has 0 radical (unpaired) electrons. The fourth-order valence-corrected chi connectivity index (χ4v) is 3.53. The third-order valence-corrected chi connectivity index (χ3v) is 4.86. The van der Waals surface area contributed by atoms with E-state index in [1.807, 2.05) is 24.3 Å². The second-order valence-corrected chi connectivity index (χ2v) is 6.28. The highest BCUT2D eigenvalue weighted by molar-refractivity contribution is 6.34. The Bertz CT molecular complexity index is 504. The van der Waals surface area contributed by atoms with Crippen LogP contribution in [-0.2, 0) is 0 Å². The average Bonchev–Trinajstić information content (AvgIpc) is 2.72. The van der Waals surface area contributed by atoms with Crippen LogP contribution >= 0.6 is 11.6 Å². The summed E-state index contributed by atoms with van der Waals surface area (Å²) in [6.07, 6.45) is 4.76. The van der Waals surface area contributed by atoms with Crippen LogP contribution in [0.4, 0.5) is 5.69 Å². The first kappa shape index (κ1) is 12.8. The Kier molecular flexibility index (Phi) is 3.17. The summed E-state index contributed by atoms with van der Waals surface area (Å²) in [5.41, 5.74) is 7.19. The molecule has 1 aliphatic carbocycles. The zero-order valence-electron chi connectivity index (χ0n) is 11.3. The Morgan fingerprint density at radius 3 is 2.68 bits per heavy atom. The number of halogens is 1. The molecular formula is C15H20ClN3. The van der Waals surface area contributed by atoms with Crippen LogP contribution in [0.25, 0.3) is 0 Å². The van der Waals surface area contributed by atoms with Crippen molar-refractivity contribution in [3.05, 3.63) is 29.3 Å². The Morgan fingerprint density at radius 2 is 2.00 bits per heavy atom. The number of para-hydroxylation sites is 1. The minimum Gasteiger partial charge on any atom is -0.369 e.